The van der Waals surface area contributed by atoms with E-state index in [1.54, 1.807) is 6.42 Å². The zero-order valence-corrected chi connectivity index (χ0v) is 8.98. The highest BCUT2D eigenvalue weighted by atomic mass is 14.7. The molecule has 0 N–H and O–H groups in total. The van der Waals surface area contributed by atoms with Crippen molar-refractivity contribution < 1.29 is 0 Å². The minimum atomic E-state index is 0.579. The molecule has 0 spiro atoms. The Labute approximate surface area is 76.7 Å². The van der Waals surface area contributed by atoms with E-state index in [-0.39, 0.29) is 0 Å². The van der Waals surface area contributed by atoms with Gasteiger partial charge in [-0.25, -0.2) is 0 Å². The number of hydrogen-bond acceptors (Lipinski definition) is 0. The summed E-state index contributed by atoms with van der Waals surface area (Å²) in [5, 5.41) is 0. The van der Waals surface area contributed by atoms with Crippen LogP contribution in [0.1, 0.15) is 53.4 Å². The van der Waals surface area contributed by atoms with Crippen molar-refractivity contribution >= 4 is 0 Å². The van der Waals surface area contributed by atoms with E-state index in [1.165, 1.54) is 19.3 Å². The second-order valence-electron chi connectivity index (χ2n) is 5.74. The van der Waals surface area contributed by atoms with Crippen LogP contribution in [-0.2, 0) is 0 Å². The summed E-state index contributed by atoms with van der Waals surface area (Å²) in [5.41, 5.74) is 1.41. The van der Waals surface area contributed by atoms with Crippen LogP contribution >= 0.6 is 0 Å². The summed E-state index contributed by atoms with van der Waals surface area (Å²) in [6.07, 6.45) is 5.95. The predicted molar refractivity (Wildman–Crippen MR) is 53.0 cm³/mol. The minimum absolute atomic E-state index is 0.579. The third-order valence-corrected chi connectivity index (χ3v) is 5.18. The molecular formula is C12H22. The lowest BCUT2D eigenvalue weighted by Gasteiger charge is -2.42. The van der Waals surface area contributed by atoms with Crippen LogP contribution in [0.5, 0.6) is 0 Å². The molecule has 2 rings (SSSR count). The third-order valence-electron chi connectivity index (χ3n) is 5.18. The molecule has 3 atom stereocenters. The van der Waals surface area contributed by atoms with Gasteiger partial charge in [-0.3, -0.25) is 0 Å². The van der Waals surface area contributed by atoms with Crippen LogP contribution in [0.25, 0.3) is 0 Å². The highest BCUT2D eigenvalue weighted by Gasteiger charge is 2.65. The van der Waals surface area contributed by atoms with Gasteiger partial charge in [-0.1, -0.05) is 34.1 Å². The molecule has 2 fully saturated rings. The van der Waals surface area contributed by atoms with Crippen molar-refractivity contribution in [2.45, 2.75) is 53.4 Å². The Hall–Kier alpha value is 0. The number of fused-ring (bicyclic) bond motifs is 1. The molecule has 12 heavy (non-hydrogen) atoms. The molecule has 0 nitrogen and oxygen atoms in total. The highest BCUT2D eigenvalue weighted by Crippen LogP contribution is 2.74. The number of hydrogen-bond donors (Lipinski definition) is 0. The highest BCUT2D eigenvalue weighted by molar-refractivity contribution is 5.14. The Bertz CT molecular complexity index is 183. The fraction of sp³-hybridized carbons (Fsp3) is 1.00. The first-order valence-electron chi connectivity index (χ1n) is 5.53. The SMILES string of the molecule is CCC(C)(C)C(C)C12CCC1C2. The van der Waals surface area contributed by atoms with Gasteiger partial charge in [-0.15, -0.1) is 0 Å². The zero-order valence-electron chi connectivity index (χ0n) is 8.98. The topological polar surface area (TPSA) is 0 Å². The monoisotopic (exact) mass is 166 g/mol. The molecule has 0 bridgehead atoms. The molecule has 0 aromatic heterocycles. The maximum atomic E-state index is 2.49. The normalized spacial score (nSPS) is 41.5. The van der Waals surface area contributed by atoms with Crippen LogP contribution in [-0.4, -0.2) is 0 Å². The molecule has 3 unspecified atom stereocenters. The van der Waals surface area contributed by atoms with Crippen LogP contribution in [0, 0.1) is 22.7 Å². The Kier molecular flexibility index (Phi) is 1.63. The summed E-state index contributed by atoms with van der Waals surface area (Å²) in [6.45, 7) is 9.71. The molecule has 0 aromatic rings. The zero-order chi connectivity index (χ0) is 8.98. The van der Waals surface area contributed by atoms with Crippen molar-refractivity contribution in [3.8, 4) is 0 Å². The largest absolute Gasteiger partial charge is 0.0649 e. The van der Waals surface area contributed by atoms with Gasteiger partial charge in [-0.2, -0.15) is 0 Å². The lowest BCUT2D eigenvalue weighted by Crippen LogP contribution is -2.33. The van der Waals surface area contributed by atoms with Crippen LogP contribution in [0.15, 0.2) is 0 Å². The fourth-order valence-corrected chi connectivity index (χ4v) is 3.15. The molecule has 70 valence electrons. The van der Waals surface area contributed by atoms with Crippen molar-refractivity contribution in [1.82, 2.24) is 0 Å². The average molecular weight is 166 g/mol. The van der Waals surface area contributed by atoms with Crippen molar-refractivity contribution in [3.05, 3.63) is 0 Å². The second-order valence-corrected chi connectivity index (χ2v) is 5.74. The molecule has 0 radical (unpaired) electrons. The van der Waals surface area contributed by atoms with Crippen LogP contribution < -0.4 is 0 Å². The standard InChI is InChI=1S/C12H22/c1-5-11(3,4)9(2)12-7-6-10(12)8-12/h9-10H,5-8H2,1-4H3. The maximum Gasteiger partial charge on any atom is -0.0235 e. The molecule has 0 amide bonds. The van der Waals surface area contributed by atoms with Gasteiger partial charge in [0.15, 0.2) is 0 Å². The molecular weight excluding hydrogens is 144 g/mol. The average Bonchev–Trinajstić information content (AvgIpc) is 2.53. The minimum Gasteiger partial charge on any atom is -0.0649 e. The molecule has 0 heteroatoms. The number of rotatable bonds is 3. The van der Waals surface area contributed by atoms with E-state index in [4.69, 9.17) is 0 Å². The summed E-state index contributed by atoms with van der Waals surface area (Å²) in [6, 6.07) is 0. The fourth-order valence-electron chi connectivity index (χ4n) is 3.15. The first-order chi connectivity index (χ1) is 5.53. The molecule has 0 aliphatic heterocycles. The van der Waals surface area contributed by atoms with E-state index in [1.807, 2.05) is 0 Å². The lowest BCUT2D eigenvalue weighted by atomic mass is 9.63. The van der Waals surface area contributed by atoms with E-state index in [9.17, 15) is 0 Å². The first-order valence-corrected chi connectivity index (χ1v) is 5.53. The van der Waals surface area contributed by atoms with Crippen LogP contribution in [0.3, 0.4) is 0 Å². The maximum absolute atomic E-state index is 2.49. The van der Waals surface area contributed by atoms with Gasteiger partial charge >= 0.3 is 0 Å². The van der Waals surface area contributed by atoms with Gasteiger partial charge in [-0.05, 0) is 41.9 Å². The molecule has 2 aliphatic rings. The van der Waals surface area contributed by atoms with Gasteiger partial charge in [0.2, 0.25) is 0 Å². The summed E-state index contributed by atoms with van der Waals surface area (Å²) in [4.78, 5) is 0. The lowest BCUT2D eigenvalue weighted by molar-refractivity contribution is 0.0764. The van der Waals surface area contributed by atoms with Gasteiger partial charge < -0.3 is 0 Å². The van der Waals surface area contributed by atoms with E-state index in [0.29, 0.717) is 5.41 Å². The van der Waals surface area contributed by atoms with Crippen molar-refractivity contribution in [3.63, 3.8) is 0 Å². The summed E-state index contributed by atoms with van der Waals surface area (Å²) in [7, 11) is 0. The van der Waals surface area contributed by atoms with E-state index in [2.05, 4.69) is 27.7 Å². The molecule has 0 saturated heterocycles. The molecule has 2 saturated carbocycles. The Morgan fingerprint density at radius 1 is 1.50 bits per heavy atom. The Morgan fingerprint density at radius 3 is 2.42 bits per heavy atom. The molecule has 0 aromatic carbocycles. The Balaban J connectivity index is 2.05. The summed E-state index contributed by atoms with van der Waals surface area (Å²) in [5.74, 6) is 2.09. The van der Waals surface area contributed by atoms with Gasteiger partial charge in [0.1, 0.15) is 0 Å². The van der Waals surface area contributed by atoms with E-state index >= 15 is 0 Å². The Morgan fingerprint density at radius 2 is 2.17 bits per heavy atom. The first kappa shape index (κ1) is 8.59. The smallest absolute Gasteiger partial charge is 0.0235 e. The van der Waals surface area contributed by atoms with Gasteiger partial charge in [0, 0.05) is 0 Å². The van der Waals surface area contributed by atoms with Crippen LogP contribution in [0.4, 0.5) is 0 Å². The van der Waals surface area contributed by atoms with E-state index < -0.39 is 0 Å². The van der Waals surface area contributed by atoms with Gasteiger partial charge in [0.25, 0.3) is 0 Å². The van der Waals surface area contributed by atoms with E-state index in [0.717, 1.165) is 17.3 Å². The van der Waals surface area contributed by atoms with Crippen LogP contribution in [0.2, 0.25) is 0 Å². The van der Waals surface area contributed by atoms with Crippen molar-refractivity contribution in [1.29, 1.82) is 0 Å². The quantitative estimate of drug-likeness (QED) is 0.597. The summed E-state index contributed by atoms with van der Waals surface area (Å²) >= 11 is 0. The second kappa shape index (κ2) is 2.27. The van der Waals surface area contributed by atoms with Crippen molar-refractivity contribution in [2.24, 2.45) is 22.7 Å². The predicted octanol–water partition coefficient (Wildman–Crippen LogP) is 3.86. The molecule has 0 heterocycles. The third kappa shape index (κ3) is 0.900. The summed E-state index contributed by atoms with van der Waals surface area (Å²) < 4.78 is 0. The van der Waals surface area contributed by atoms with Crippen molar-refractivity contribution in [2.75, 3.05) is 0 Å². The van der Waals surface area contributed by atoms with Gasteiger partial charge in [0.05, 0.1) is 0 Å². The molecule has 2 aliphatic carbocycles.